The highest BCUT2D eigenvalue weighted by Gasteiger charge is 2.41. The number of benzene rings is 1. The molecule has 6 saturated heterocycles. The number of rotatable bonds is 24. The van der Waals surface area contributed by atoms with Crippen LogP contribution in [0.4, 0.5) is 34.9 Å². The highest BCUT2D eigenvalue weighted by molar-refractivity contribution is 5.79. The third kappa shape index (κ3) is 23.0. The fourth-order valence-electron chi connectivity index (χ4n) is 22.4. The molecule has 0 spiro atoms. The molecule has 20 rings (SSSR count). The molecule has 698 valence electrons. The van der Waals surface area contributed by atoms with Crippen LogP contribution in [0.5, 0.6) is 0 Å². The van der Waals surface area contributed by atoms with Gasteiger partial charge in [-0.15, -0.1) is 0 Å². The van der Waals surface area contributed by atoms with Crippen LogP contribution in [0.2, 0.25) is 0 Å². The van der Waals surface area contributed by atoms with Gasteiger partial charge in [0.15, 0.2) is 0 Å². The zero-order valence-corrected chi connectivity index (χ0v) is 77.3. The van der Waals surface area contributed by atoms with E-state index in [1.807, 2.05) is 18.2 Å². The van der Waals surface area contributed by atoms with Crippen LogP contribution in [0.25, 0.3) is 33.4 Å². The first-order valence-electron chi connectivity index (χ1n) is 48.2. The van der Waals surface area contributed by atoms with Gasteiger partial charge in [0.25, 0.3) is 0 Å². The minimum Gasteiger partial charge on any atom is -0.391 e. The number of fused-ring (bicyclic) bond motifs is 6. The molecular weight excluding hydrogens is 1630 g/mol. The first-order valence-corrected chi connectivity index (χ1v) is 48.2. The van der Waals surface area contributed by atoms with Gasteiger partial charge in [0, 0.05) is 163 Å². The molecule has 7 aromatic rings. The Labute approximate surface area is 767 Å². The summed E-state index contributed by atoms with van der Waals surface area (Å²) in [4.78, 5) is 64.7. The van der Waals surface area contributed by atoms with Crippen LogP contribution >= 0.6 is 0 Å². The van der Waals surface area contributed by atoms with Gasteiger partial charge in [0.1, 0.15) is 72.9 Å². The number of nitrogens with two attached hydrogens (primary N) is 6. The molecule has 1 aromatic carbocycles. The van der Waals surface area contributed by atoms with Crippen LogP contribution in [0.1, 0.15) is 204 Å². The third-order valence-electron chi connectivity index (χ3n) is 29.5. The Morgan fingerprint density at radius 3 is 1.02 bits per heavy atom. The highest BCUT2D eigenvalue weighted by Crippen LogP contribution is 2.41. The van der Waals surface area contributed by atoms with Crippen molar-refractivity contribution in [2.75, 3.05) is 152 Å². The van der Waals surface area contributed by atoms with E-state index in [0.717, 1.165) is 255 Å². The number of nitrogens with zero attached hydrogens (tertiary/aromatic N) is 18. The molecule has 18 N–H and O–H groups in total. The van der Waals surface area contributed by atoms with Crippen molar-refractivity contribution in [1.82, 2.24) is 89.2 Å². The van der Waals surface area contributed by atoms with E-state index in [0.29, 0.717) is 82.9 Å². The number of nitrogen functional groups attached to an aromatic ring is 6. The molecule has 13 aliphatic rings. The van der Waals surface area contributed by atoms with Crippen LogP contribution in [0.15, 0.2) is 105 Å². The van der Waals surface area contributed by atoms with Crippen LogP contribution in [0.3, 0.4) is 0 Å². The number of β-amino-alcohol motifs (C(OH)–C–C–N with tert-alkyl or cyclic N) is 6. The van der Waals surface area contributed by atoms with Crippen LogP contribution in [-0.2, 0) is 38.5 Å². The van der Waals surface area contributed by atoms with E-state index in [1.54, 1.807) is 12.7 Å². The number of aromatic nitrogens is 12. The molecule has 30 heteroatoms. The van der Waals surface area contributed by atoms with E-state index in [2.05, 4.69) is 179 Å². The van der Waals surface area contributed by atoms with Crippen LogP contribution in [0, 0.1) is 47.3 Å². The third-order valence-corrected chi connectivity index (χ3v) is 29.5. The normalized spacial score (nSPS) is 25.6. The molecule has 7 fully saturated rings. The topological polar surface area (TPSA) is 452 Å². The zero-order chi connectivity index (χ0) is 91.2. The number of likely N-dealkylation sites (tertiary alicyclic amines) is 6. The fourth-order valence-corrected chi connectivity index (χ4v) is 22.4. The van der Waals surface area contributed by atoms with Crippen molar-refractivity contribution in [1.29, 1.82) is 0 Å². The van der Waals surface area contributed by atoms with Crippen molar-refractivity contribution in [2.45, 2.75) is 206 Å². The second-order valence-corrected chi connectivity index (χ2v) is 38.9. The molecule has 0 bridgehead atoms. The Morgan fingerprint density at radius 2 is 0.662 bits per heavy atom. The minimum atomic E-state index is -0.325. The molecule has 30 nitrogen and oxygen atoms in total. The monoisotopic (exact) mass is 1780 g/mol. The SMILES string of the molecule is CC(C)CC1CN(CC2=CCc3c(N)ncnc32)C[C@@H]1O.CCC(CC)C1CN(CC2=CCc3c(N)ncnc32)C[C@@H]1O.CCC1CN(CC2=CCc3c(N)ncnc32)C[C@@H]1O.CCCCC1CN(CC2=CCc3c(N)ncnc32)C[C@@H]1O.Nc1ncnc2c1CC=C2CN1CC(CC2CCCCC2)[C@@H](O)C1.Nc1ncnc2c1CC=C2CN1CC(c2ccccc2)[C@@H](O)C1. The van der Waals surface area contributed by atoms with E-state index < -0.39 is 0 Å². The van der Waals surface area contributed by atoms with E-state index in [-0.39, 0.29) is 42.5 Å². The summed E-state index contributed by atoms with van der Waals surface area (Å²) < 4.78 is 0. The van der Waals surface area contributed by atoms with Gasteiger partial charge in [-0.25, -0.2) is 59.8 Å². The summed E-state index contributed by atoms with van der Waals surface area (Å²) in [6.45, 7) is 28.5. The average molecular weight is 1780 g/mol. The predicted molar refractivity (Wildman–Crippen MR) is 515 cm³/mol. The lowest BCUT2D eigenvalue weighted by Crippen LogP contribution is -2.25. The van der Waals surface area contributed by atoms with Crippen molar-refractivity contribution in [3.05, 3.63) is 178 Å². The number of hydrogen-bond donors (Lipinski definition) is 12. The summed E-state index contributed by atoms with van der Waals surface area (Å²) >= 11 is 0. The standard InChI is InChI=1S/C19H28N4O.C18H20N4O.C17H26N4O.2C16H24N4O.C14H20N4O/c20-19-16-7-6-14(18(16)21-12-22-19)9-23-10-15(17(24)11-23)8-13-4-2-1-3-5-13;19-18-14-7-6-13(17(14)20-11-21-18)8-22-9-15(16(23)10-22)12-4-2-1-3-5-12;1-3-11(4-2)14-8-21(9-15(14)22)7-12-5-6-13-16(12)19-10-20-17(13)18;1-10(2)5-12-7-20(8-14(12)21)6-11-3-4-13-15(11)18-9-19-16(13)17;1-2-3-4-11-7-20(9-14(11)21)8-12-5-6-13-15(12)18-10-19-16(13)17;1-2-9-5-18(7-12(9)19)6-10-3-4-11-13(10)16-8-17-14(11)15/h6,12-13,15,17,24H,1-5,7-11H2,(H2,20,21,22);1-6,11,15-16,23H,7-10H2,(H2,19,20,21);5,10-11,14-15,22H,3-4,6-9H2,1-2H3,(H2,18,19,20);3,9-10,12,14,21H,4-8H2,1-2H3,(H2,17,18,19);5,10-11,14,21H,2-4,6-9H2,1H3,(H2,17,18,19);3,8-9,12,19H,2,4-7H2,1H3,(H2,15,16,17)/t15?,17-;15?,16-;14?,15-;12?,14-;11?,14-;9?,12-/m000000/s1. The number of aliphatic hydroxyl groups is 6. The first kappa shape index (κ1) is 95.1. The van der Waals surface area contributed by atoms with Gasteiger partial charge in [-0.05, 0) is 145 Å². The van der Waals surface area contributed by atoms with E-state index in [9.17, 15) is 30.6 Å². The molecule has 12 atom stereocenters. The van der Waals surface area contributed by atoms with E-state index in [1.165, 1.54) is 116 Å². The lowest BCUT2D eigenvalue weighted by Gasteiger charge is -2.25. The van der Waals surface area contributed by atoms with Crippen molar-refractivity contribution >= 4 is 68.3 Å². The molecule has 6 unspecified atom stereocenters. The summed E-state index contributed by atoms with van der Waals surface area (Å²) in [6.07, 6.45) is 42.0. The molecule has 0 amide bonds. The fraction of sp³-hybridized carbons (Fsp3) is 0.580. The summed E-state index contributed by atoms with van der Waals surface area (Å²) in [6, 6.07) is 10.2. The zero-order valence-electron chi connectivity index (χ0n) is 77.3. The van der Waals surface area contributed by atoms with Gasteiger partial charge in [-0.2, -0.15) is 0 Å². The van der Waals surface area contributed by atoms with Gasteiger partial charge >= 0.3 is 0 Å². The van der Waals surface area contributed by atoms with Gasteiger partial charge < -0.3 is 65.0 Å². The average Bonchev–Trinajstić information content (AvgIpc) is 1.66. The largest absolute Gasteiger partial charge is 0.391 e. The smallest absolute Gasteiger partial charge is 0.130 e. The van der Waals surface area contributed by atoms with Crippen molar-refractivity contribution < 1.29 is 30.6 Å². The Kier molecular flexibility index (Phi) is 32.4. The molecule has 130 heavy (non-hydrogen) atoms. The van der Waals surface area contributed by atoms with Gasteiger partial charge in [-0.1, -0.05) is 166 Å². The molecule has 12 heterocycles. The first-order chi connectivity index (χ1) is 63.0. The Bertz CT molecular complexity index is 5170. The maximum atomic E-state index is 10.5. The van der Waals surface area contributed by atoms with E-state index in [4.69, 9.17) is 34.4 Å². The molecular formula is C100H142N24O6. The quantitative estimate of drug-likeness (QED) is 0.0268. The predicted octanol–water partition coefficient (Wildman–Crippen LogP) is 8.97. The summed E-state index contributed by atoms with van der Waals surface area (Å²) in [5.41, 5.74) is 56.2. The lowest BCUT2D eigenvalue weighted by atomic mass is 9.82. The van der Waals surface area contributed by atoms with E-state index >= 15 is 0 Å². The Hall–Kier alpha value is -9.54. The number of hydrogen-bond acceptors (Lipinski definition) is 30. The molecule has 6 aromatic heterocycles. The summed E-state index contributed by atoms with van der Waals surface area (Å²) in [7, 11) is 0. The molecule has 7 aliphatic carbocycles. The number of allylic oxidation sites excluding steroid dienone is 6. The van der Waals surface area contributed by atoms with Crippen LogP contribution in [-0.4, -0.2) is 274 Å². The van der Waals surface area contributed by atoms with Crippen LogP contribution < -0.4 is 34.4 Å². The number of anilines is 6. The second-order valence-electron chi connectivity index (χ2n) is 38.9. The second kappa shape index (κ2) is 44.3. The summed E-state index contributed by atoms with van der Waals surface area (Å²) in [5, 5.41) is 61.7. The maximum Gasteiger partial charge on any atom is 0.130 e. The lowest BCUT2D eigenvalue weighted by molar-refractivity contribution is 0.108. The number of unbranched alkanes of at least 4 members (excludes halogenated alkanes) is 1. The molecule has 1 saturated carbocycles. The highest BCUT2D eigenvalue weighted by atomic mass is 16.3. The number of aliphatic hydroxyl groups excluding tert-OH is 6. The van der Waals surface area contributed by atoms with Gasteiger partial charge in [0.2, 0.25) is 0 Å². The van der Waals surface area contributed by atoms with Crippen molar-refractivity contribution in [3.63, 3.8) is 0 Å². The van der Waals surface area contributed by atoms with Gasteiger partial charge in [0.05, 0.1) is 70.8 Å². The van der Waals surface area contributed by atoms with Crippen molar-refractivity contribution in [2.24, 2.45) is 47.3 Å². The van der Waals surface area contributed by atoms with Gasteiger partial charge in [-0.3, -0.25) is 29.4 Å². The Balaban J connectivity index is 0.000000120. The molecule has 0 radical (unpaired) electrons. The molecule has 6 aliphatic heterocycles. The maximum absolute atomic E-state index is 10.5. The summed E-state index contributed by atoms with van der Waals surface area (Å²) in [5.74, 6) is 7.82. The van der Waals surface area contributed by atoms with Crippen molar-refractivity contribution in [3.8, 4) is 0 Å². The Morgan fingerprint density at radius 1 is 0.346 bits per heavy atom. The minimum absolute atomic E-state index is 0.174.